The first-order valence-corrected chi connectivity index (χ1v) is 9.51. The SMILES string of the molecule is COC(=O)C12Cn3c(c(C)c4ccccc43)C1N(C)CC2c1ccccc1. The maximum absolute atomic E-state index is 13.3. The van der Waals surface area contributed by atoms with Crippen LogP contribution in [0.15, 0.2) is 54.6 Å². The Kier molecular flexibility index (Phi) is 3.50. The van der Waals surface area contributed by atoms with Crippen molar-refractivity contribution in [2.24, 2.45) is 5.41 Å². The van der Waals surface area contributed by atoms with E-state index in [0.717, 1.165) is 6.54 Å². The van der Waals surface area contributed by atoms with Crippen LogP contribution in [0.1, 0.15) is 28.8 Å². The van der Waals surface area contributed by atoms with Crippen LogP contribution in [0.5, 0.6) is 0 Å². The molecule has 3 atom stereocenters. The number of carbonyl (C=O) groups excluding carboxylic acids is 1. The molecule has 2 aromatic carbocycles. The van der Waals surface area contributed by atoms with Gasteiger partial charge in [0, 0.05) is 35.6 Å². The molecule has 138 valence electrons. The summed E-state index contributed by atoms with van der Waals surface area (Å²) in [5, 5.41) is 1.28. The van der Waals surface area contributed by atoms with Gasteiger partial charge in [-0.15, -0.1) is 0 Å². The summed E-state index contributed by atoms with van der Waals surface area (Å²) < 4.78 is 7.77. The average molecular weight is 360 g/mol. The van der Waals surface area contributed by atoms with E-state index in [9.17, 15) is 4.79 Å². The third-order valence-electron chi connectivity index (χ3n) is 6.74. The summed E-state index contributed by atoms with van der Waals surface area (Å²) in [7, 11) is 3.66. The Labute approximate surface area is 159 Å². The normalized spacial score (nSPS) is 26.9. The second kappa shape index (κ2) is 5.70. The van der Waals surface area contributed by atoms with Gasteiger partial charge < -0.3 is 9.30 Å². The lowest BCUT2D eigenvalue weighted by Gasteiger charge is -2.32. The minimum absolute atomic E-state index is 0.0301. The number of likely N-dealkylation sites (N-methyl/N-ethyl adjacent to an activating group) is 1. The second-order valence-corrected chi connectivity index (χ2v) is 7.95. The quantitative estimate of drug-likeness (QED) is 0.650. The zero-order valence-electron chi connectivity index (χ0n) is 16.0. The lowest BCUT2D eigenvalue weighted by Crippen LogP contribution is -2.40. The van der Waals surface area contributed by atoms with Gasteiger partial charge in [-0.25, -0.2) is 0 Å². The van der Waals surface area contributed by atoms with Gasteiger partial charge in [0.15, 0.2) is 0 Å². The number of aryl methyl sites for hydroxylation is 1. The smallest absolute Gasteiger partial charge is 0.316 e. The third kappa shape index (κ3) is 1.99. The number of methoxy groups -OCH3 is 1. The van der Waals surface area contributed by atoms with Crippen molar-refractivity contribution in [2.75, 3.05) is 20.7 Å². The molecule has 5 rings (SSSR count). The molecule has 2 aliphatic heterocycles. The third-order valence-corrected chi connectivity index (χ3v) is 6.74. The van der Waals surface area contributed by atoms with Crippen LogP contribution >= 0.6 is 0 Å². The van der Waals surface area contributed by atoms with E-state index in [2.05, 4.69) is 72.0 Å². The Hall–Kier alpha value is -2.59. The predicted molar refractivity (Wildman–Crippen MR) is 106 cm³/mol. The molecule has 27 heavy (non-hydrogen) atoms. The van der Waals surface area contributed by atoms with Crippen LogP contribution in [0.2, 0.25) is 0 Å². The molecule has 2 aliphatic rings. The van der Waals surface area contributed by atoms with Gasteiger partial charge >= 0.3 is 5.97 Å². The molecule has 1 saturated heterocycles. The van der Waals surface area contributed by atoms with E-state index in [1.165, 1.54) is 34.8 Å². The van der Waals surface area contributed by atoms with Crippen LogP contribution < -0.4 is 0 Å². The number of hydrogen-bond acceptors (Lipinski definition) is 3. The van der Waals surface area contributed by atoms with E-state index >= 15 is 0 Å². The molecule has 0 amide bonds. The van der Waals surface area contributed by atoms with Gasteiger partial charge in [0.1, 0.15) is 5.41 Å². The van der Waals surface area contributed by atoms with Gasteiger partial charge in [-0.1, -0.05) is 48.5 Å². The second-order valence-electron chi connectivity index (χ2n) is 7.95. The summed E-state index contributed by atoms with van der Waals surface area (Å²) in [5.41, 5.74) is 4.38. The number of aromatic nitrogens is 1. The zero-order chi connectivity index (χ0) is 18.8. The van der Waals surface area contributed by atoms with Crippen molar-refractivity contribution in [1.29, 1.82) is 0 Å². The van der Waals surface area contributed by atoms with Crippen LogP contribution in [0.4, 0.5) is 0 Å². The number of rotatable bonds is 2. The summed E-state index contributed by atoms with van der Waals surface area (Å²) in [4.78, 5) is 15.6. The number of ether oxygens (including phenoxy) is 1. The molecule has 0 saturated carbocycles. The molecular formula is C23H24N2O2. The fourth-order valence-electron chi connectivity index (χ4n) is 5.67. The van der Waals surface area contributed by atoms with Gasteiger partial charge in [-0.2, -0.15) is 0 Å². The summed E-state index contributed by atoms with van der Waals surface area (Å²) in [5.74, 6) is 0.0112. The highest BCUT2D eigenvalue weighted by Gasteiger charge is 2.64. The molecular weight excluding hydrogens is 336 g/mol. The highest BCUT2D eigenvalue weighted by molar-refractivity contribution is 5.89. The first-order chi connectivity index (χ1) is 13.1. The van der Waals surface area contributed by atoms with Crippen molar-refractivity contribution in [2.45, 2.75) is 25.4 Å². The predicted octanol–water partition coefficient (Wildman–Crippen LogP) is 3.89. The lowest BCUT2D eigenvalue weighted by molar-refractivity contribution is -0.155. The van der Waals surface area contributed by atoms with Crippen molar-refractivity contribution in [1.82, 2.24) is 9.47 Å². The van der Waals surface area contributed by atoms with Gasteiger partial charge in [-0.3, -0.25) is 9.69 Å². The van der Waals surface area contributed by atoms with E-state index in [-0.39, 0.29) is 17.9 Å². The Bertz CT molecular complexity index is 1040. The Morgan fingerprint density at radius 3 is 2.56 bits per heavy atom. The van der Waals surface area contributed by atoms with Crippen molar-refractivity contribution in [3.05, 3.63) is 71.4 Å². The molecule has 3 aromatic rings. The number of likely N-dealkylation sites (tertiary alicyclic amines) is 1. The molecule has 1 fully saturated rings. The number of carbonyl (C=O) groups is 1. The van der Waals surface area contributed by atoms with Crippen molar-refractivity contribution in [3.63, 3.8) is 0 Å². The molecule has 4 nitrogen and oxygen atoms in total. The van der Waals surface area contributed by atoms with Gasteiger partial charge in [-0.05, 0) is 31.2 Å². The number of hydrogen-bond donors (Lipinski definition) is 0. The van der Waals surface area contributed by atoms with E-state index in [1.807, 2.05) is 6.07 Å². The fourth-order valence-corrected chi connectivity index (χ4v) is 5.67. The summed E-state index contributed by atoms with van der Waals surface area (Å²) in [6, 6.07) is 19.0. The zero-order valence-corrected chi connectivity index (χ0v) is 16.0. The molecule has 0 aliphatic carbocycles. The summed E-state index contributed by atoms with van der Waals surface area (Å²) in [6.45, 7) is 3.70. The highest BCUT2D eigenvalue weighted by atomic mass is 16.5. The Morgan fingerprint density at radius 1 is 1.11 bits per heavy atom. The number of fused-ring (bicyclic) bond motifs is 5. The van der Waals surface area contributed by atoms with Gasteiger partial charge in [0.25, 0.3) is 0 Å². The molecule has 0 bridgehead atoms. The maximum Gasteiger partial charge on any atom is 0.316 e. The minimum atomic E-state index is -0.588. The largest absolute Gasteiger partial charge is 0.468 e. The fraction of sp³-hybridized carbons (Fsp3) is 0.348. The summed E-state index contributed by atoms with van der Waals surface area (Å²) >= 11 is 0. The first kappa shape index (κ1) is 16.6. The topological polar surface area (TPSA) is 34.5 Å². The first-order valence-electron chi connectivity index (χ1n) is 9.51. The van der Waals surface area contributed by atoms with E-state index in [0.29, 0.717) is 6.54 Å². The van der Waals surface area contributed by atoms with Crippen molar-refractivity contribution in [3.8, 4) is 0 Å². The number of para-hydroxylation sites is 1. The number of nitrogens with zero attached hydrogens (tertiary/aromatic N) is 2. The van der Waals surface area contributed by atoms with Crippen LogP contribution in [-0.2, 0) is 16.1 Å². The molecule has 0 radical (unpaired) electrons. The minimum Gasteiger partial charge on any atom is -0.468 e. The maximum atomic E-state index is 13.3. The molecule has 3 unspecified atom stereocenters. The van der Waals surface area contributed by atoms with Crippen molar-refractivity contribution < 1.29 is 9.53 Å². The van der Waals surface area contributed by atoms with Crippen LogP contribution in [0.25, 0.3) is 10.9 Å². The van der Waals surface area contributed by atoms with Crippen LogP contribution in [-0.4, -0.2) is 36.1 Å². The number of benzene rings is 2. The van der Waals surface area contributed by atoms with Crippen LogP contribution in [0, 0.1) is 12.3 Å². The molecule has 4 heteroatoms. The Balaban J connectivity index is 1.76. The van der Waals surface area contributed by atoms with E-state index in [4.69, 9.17) is 4.74 Å². The van der Waals surface area contributed by atoms with Gasteiger partial charge in [0.05, 0.1) is 13.2 Å². The number of esters is 1. The van der Waals surface area contributed by atoms with Crippen LogP contribution in [0.3, 0.4) is 0 Å². The summed E-state index contributed by atoms with van der Waals surface area (Å²) in [6.07, 6.45) is 0. The van der Waals surface area contributed by atoms with E-state index in [1.54, 1.807) is 0 Å². The van der Waals surface area contributed by atoms with Crippen molar-refractivity contribution >= 4 is 16.9 Å². The van der Waals surface area contributed by atoms with Gasteiger partial charge in [0.2, 0.25) is 0 Å². The van der Waals surface area contributed by atoms with E-state index < -0.39 is 5.41 Å². The lowest BCUT2D eigenvalue weighted by atomic mass is 9.70. The Morgan fingerprint density at radius 2 is 1.81 bits per heavy atom. The molecule has 3 heterocycles. The molecule has 1 aromatic heterocycles. The average Bonchev–Trinajstić information content (AvgIpc) is 3.29. The highest BCUT2D eigenvalue weighted by Crippen LogP contribution is 2.61. The molecule has 0 N–H and O–H groups in total. The monoisotopic (exact) mass is 360 g/mol. The molecule has 0 spiro atoms. The standard InChI is InChI=1S/C23H24N2O2/c1-15-17-11-7-8-12-19(17)25-14-23(22(26)27-3)18(16-9-5-4-6-10-16)13-24(2)21(23)20(15)25/h4-12,18,21H,13-14H2,1-3H3.